The molecule has 3 nitrogen and oxygen atoms in total. The molecule has 1 rings (SSSR count). The topological polar surface area (TPSA) is 46.5 Å². The van der Waals surface area contributed by atoms with E-state index < -0.39 is 11.6 Å². The third kappa shape index (κ3) is 4.21. The molecule has 0 aliphatic rings. The van der Waals surface area contributed by atoms with E-state index in [1.165, 1.54) is 0 Å². The van der Waals surface area contributed by atoms with Gasteiger partial charge in [0, 0.05) is 5.02 Å². The highest BCUT2D eigenvalue weighted by molar-refractivity contribution is 6.30. The van der Waals surface area contributed by atoms with Crippen LogP contribution in [0.1, 0.15) is 20.3 Å². The van der Waals surface area contributed by atoms with Crippen molar-refractivity contribution in [2.24, 2.45) is 0 Å². The summed E-state index contributed by atoms with van der Waals surface area (Å²) in [7, 11) is 0. The van der Waals surface area contributed by atoms with Gasteiger partial charge in [0.2, 0.25) is 0 Å². The lowest BCUT2D eigenvalue weighted by atomic mass is 10.1. The quantitative estimate of drug-likeness (QED) is 0.862. The molecule has 0 atom stereocenters. The number of hydrogen-bond donors (Lipinski definition) is 1. The first kappa shape index (κ1) is 11.9. The average Bonchev–Trinajstić information content (AvgIpc) is 2.06. The van der Waals surface area contributed by atoms with Gasteiger partial charge in [0.1, 0.15) is 11.4 Å². The van der Waals surface area contributed by atoms with E-state index in [1.54, 1.807) is 38.1 Å². The lowest BCUT2D eigenvalue weighted by Crippen LogP contribution is -2.31. The van der Waals surface area contributed by atoms with E-state index in [0.717, 1.165) is 0 Å². The summed E-state index contributed by atoms with van der Waals surface area (Å²) in [5, 5.41) is 9.29. The van der Waals surface area contributed by atoms with Crippen molar-refractivity contribution in [1.82, 2.24) is 0 Å². The lowest BCUT2D eigenvalue weighted by molar-refractivity contribution is -0.140. The molecule has 0 spiro atoms. The Morgan fingerprint density at radius 3 is 2.40 bits per heavy atom. The zero-order valence-corrected chi connectivity index (χ0v) is 9.41. The maximum absolute atomic E-state index is 10.6. The van der Waals surface area contributed by atoms with Crippen molar-refractivity contribution < 1.29 is 14.6 Å². The number of ether oxygens (including phenoxy) is 1. The largest absolute Gasteiger partial charge is 0.487 e. The van der Waals surface area contributed by atoms with Crippen molar-refractivity contribution in [3.05, 3.63) is 29.3 Å². The molecule has 15 heavy (non-hydrogen) atoms. The summed E-state index contributed by atoms with van der Waals surface area (Å²) in [6, 6.07) is 6.83. The molecule has 1 aromatic carbocycles. The zero-order valence-electron chi connectivity index (χ0n) is 8.66. The maximum Gasteiger partial charge on any atom is 0.307 e. The van der Waals surface area contributed by atoms with Gasteiger partial charge in [0.25, 0.3) is 0 Å². The Morgan fingerprint density at radius 2 is 1.93 bits per heavy atom. The summed E-state index contributed by atoms with van der Waals surface area (Å²) in [4.78, 5) is 10.6. The van der Waals surface area contributed by atoms with Crippen LogP contribution >= 0.6 is 11.6 Å². The highest BCUT2D eigenvalue weighted by Gasteiger charge is 2.23. The molecule has 0 aliphatic heterocycles. The molecule has 0 unspecified atom stereocenters. The van der Waals surface area contributed by atoms with Gasteiger partial charge in [-0.1, -0.05) is 11.6 Å². The van der Waals surface area contributed by atoms with Crippen LogP contribution in [0.25, 0.3) is 0 Å². The molecular weight excluding hydrogens is 216 g/mol. The van der Waals surface area contributed by atoms with Crippen molar-refractivity contribution >= 4 is 17.6 Å². The SMILES string of the molecule is CC(C)(CC(=O)O)Oc1ccc(Cl)cc1. The van der Waals surface area contributed by atoms with Gasteiger partial charge in [0.15, 0.2) is 0 Å². The van der Waals surface area contributed by atoms with Gasteiger partial charge in [-0.2, -0.15) is 0 Å². The smallest absolute Gasteiger partial charge is 0.307 e. The summed E-state index contributed by atoms with van der Waals surface area (Å²) in [6.45, 7) is 3.46. The van der Waals surface area contributed by atoms with Crippen molar-refractivity contribution in [1.29, 1.82) is 0 Å². The van der Waals surface area contributed by atoms with Crippen molar-refractivity contribution in [3.63, 3.8) is 0 Å². The fourth-order valence-electron chi connectivity index (χ4n) is 1.22. The summed E-state index contributed by atoms with van der Waals surface area (Å²) in [5.74, 6) is -0.264. The molecule has 0 amide bonds. The van der Waals surface area contributed by atoms with E-state index in [0.29, 0.717) is 10.8 Å². The molecule has 82 valence electrons. The first-order valence-electron chi connectivity index (χ1n) is 4.55. The van der Waals surface area contributed by atoms with E-state index in [2.05, 4.69) is 0 Å². The highest BCUT2D eigenvalue weighted by Crippen LogP contribution is 2.22. The lowest BCUT2D eigenvalue weighted by Gasteiger charge is -2.24. The fourth-order valence-corrected chi connectivity index (χ4v) is 1.35. The summed E-state index contributed by atoms with van der Waals surface area (Å²) >= 11 is 5.72. The summed E-state index contributed by atoms with van der Waals surface area (Å²) in [6.07, 6.45) is -0.0460. The molecule has 0 heterocycles. The van der Waals surface area contributed by atoms with Crippen molar-refractivity contribution in [2.75, 3.05) is 0 Å². The Morgan fingerprint density at radius 1 is 1.40 bits per heavy atom. The van der Waals surface area contributed by atoms with Crippen molar-refractivity contribution in [2.45, 2.75) is 25.9 Å². The summed E-state index contributed by atoms with van der Waals surface area (Å²) in [5.41, 5.74) is -0.723. The second-order valence-corrected chi connectivity index (χ2v) is 4.32. The molecular formula is C11H13ClO3. The number of carboxylic acid groups (broad SMARTS) is 1. The minimum Gasteiger partial charge on any atom is -0.487 e. The maximum atomic E-state index is 10.6. The minimum atomic E-state index is -0.881. The Hall–Kier alpha value is -1.22. The number of carbonyl (C=O) groups is 1. The summed E-state index contributed by atoms with van der Waals surface area (Å²) < 4.78 is 5.53. The fraction of sp³-hybridized carbons (Fsp3) is 0.364. The molecule has 0 saturated heterocycles. The third-order valence-electron chi connectivity index (χ3n) is 1.78. The second kappa shape index (κ2) is 4.53. The van der Waals surface area contributed by atoms with Crippen LogP contribution in [-0.2, 0) is 4.79 Å². The van der Waals surface area contributed by atoms with Gasteiger partial charge in [-0.15, -0.1) is 0 Å². The van der Waals surface area contributed by atoms with Gasteiger partial charge in [-0.25, -0.2) is 0 Å². The van der Waals surface area contributed by atoms with Crippen LogP contribution < -0.4 is 4.74 Å². The van der Waals surface area contributed by atoms with Crippen molar-refractivity contribution in [3.8, 4) is 5.75 Å². The van der Waals surface area contributed by atoms with Gasteiger partial charge in [-0.3, -0.25) is 4.79 Å². The van der Waals surface area contributed by atoms with E-state index >= 15 is 0 Å². The first-order valence-corrected chi connectivity index (χ1v) is 4.93. The van der Waals surface area contributed by atoms with Crippen LogP contribution in [0.5, 0.6) is 5.75 Å². The van der Waals surface area contributed by atoms with Gasteiger partial charge < -0.3 is 9.84 Å². The van der Waals surface area contributed by atoms with E-state index in [1.807, 2.05) is 0 Å². The Balaban J connectivity index is 2.68. The zero-order chi connectivity index (χ0) is 11.5. The van der Waals surface area contributed by atoms with Crippen LogP contribution in [-0.4, -0.2) is 16.7 Å². The number of aliphatic carboxylic acids is 1. The monoisotopic (exact) mass is 228 g/mol. The third-order valence-corrected chi connectivity index (χ3v) is 2.04. The average molecular weight is 229 g/mol. The number of carboxylic acids is 1. The molecule has 1 N–H and O–H groups in total. The highest BCUT2D eigenvalue weighted by atomic mass is 35.5. The number of halogens is 1. The molecule has 4 heteroatoms. The first-order chi connectivity index (χ1) is 6.89. The van der Waals surface area contributed by atoms with Gasteiger partial charge in [0.05, 0.1) is 6.42 Å². The molecule has 0 fully saturated rings. The Bertz CT molecular complexity index is 343. The molecule has 0 aliphatic carbocycles. The molecule has 0 radical (unpaired) electrons. The van der Waals surface area contributed by atoms with Gasteiger partial charge in [-0.05, 0) is 38.1 Å². The van der Waals surface area contributed by atoms with Crippen LogP contribution in [0.15, 0.2) is 24.3 Å². The Labute approximate surface area is 93.6 Å². The van der Waals surface area contributed by atoms with Crippen LogP contribution in [0, 0.1) is 0 Å². The van der Waals surface area contributed by atoms with Crippen LogP contribution in [0.2, 0.25) is 5.02 Å². The minimum absolute atomic E-state index is 0.0460. The molecule has 0 bridgehead atoms. The Kier molecular flexibility index (Phi) is 3.58. The predicted octanol–water partition coefficient (Wildman–Crippen LogP) is 2.97. The van der Waals surface area contributed by atoms with Crippen LogP contribution in [0.3, 0.4) is 0 Å². The molecule has 0 saturated carbocycles. The molecule has 1 aromatic rings. The van der Waals surface area contributed by atoms with Gasteiger partial charge >= 0.3 is 5.97 Å². The second-order valence-electron chi connectivity index (χ2n) is 3.89. The predicted molar refractivity (Wildman–Crippen MR) is 58.4 cm³/mol. The molecule has 0 aromatic heterocycles. The normalized spacial score (nSPS) is 11.1. The van der Waals surface area contributed by atoms with E-state index in [-0.39, 0.29) is 6.42 Å². The standard InChI is InChI=1S/C11H13ClO3/c1-11(2,7-10(13)14)15-9-5-3-8(12)4-6-9/h3-6H,7H2,1-2H3,(H,13,14). The van der Waals surface area contributed by atoms with E-state index in [4.69, 9.17) is 21.4 Å². The van der Waals surface area contributed by atoms with E-state index in [9.17, 15) is 4.79 Å². The number of rotatable bonds is 4. The number of benzene rings is 1. The van der Waals surface area contributed by atoms with Crippen LogP contribution in [0.4, 0.5) is 0 Å². The number of hydrogen-bond acceptors (Lipinski definition) is 2.